The molecule has 0 radical (unpaired) electrons. The van der Waals surface area contributed by atoms with Crippen LogP contribution in [0.1, 0.15) is 23.9 Å². The van der Waals surface area contributed by atoms with Crippen LogP contribution >= 0.6 is 15.9 Å². The van der Waals surface area contributed by atoms with Gasteiger partial charge in [0.1, 0.15) is 0 Å². The Bertz CT molecular complexity index is 551. The lowest BCUT2D eigenvalue weighted by molar-refractivity contribution is 0.0674. The fraction of sp³-hybridized carbons (Fsp3) is 0.545. The molecule has 1 amide bonds. The van der Waals surface area contributed by atoms with E-state index in [-0.39, 0.29) is 29.2 Å². The van der Waals surface area contributed by atoms with Crippen LogP contribution in [0.3, 0.4) is 0 Å². The number of halogens is 1. The second kappa shape index (κ2) is 5.05. The van der Waals surface area contributed by atoms with Crippen molar-refractivity contribution in [1.82, 2.24) is 4.90 Å². The molecular weight excluding hydrogens is 322 g/mol. The van der Waals surface area contributed by atoms with Crippen molar-refractivity contribution in [3.63, 3.8) is 0 Å². The standard InChI is InChI=1S/C11H14BrNO4S/c1-2-13(8-5-6-18(15,16)7-8)11(14)9-3-4-10(12)17-9/h3-4,8H,2,5-7H2,1H3/t8-/m0/s1. The molecule has 0 aromatic carbocycles. The molecule has 18 heavy (non-hydrogen) atoms. The number of carbonyl (C=O) groups is 1. The molecule has 0 N–H and O–H groups in total. The highest BCUT2D eigenvalue weighted by Crippen LogP contribution is 2.21. The van der Waals surface area contributed by atoms with Crippen molar-refractivity contribution in [1.29, 1.82) is 0 Å². The molecule has 0 bridgehead atoms. The lowest BCUT2D eigenvalue weighted by Gasteiger charge is -2.25. The summed E-state index contributed by atoms with van der Waals surface area (Å²) in [6.45, 7) is 2.30. The van der Waals surface area contributed by atoms with Crippen molar-refractivity contribution in [3.05, 3.63) is 22.6 Å². The maximum atomic E-state index is 12.2. The fourth-order valence-corrected chi connectivity index (χ4v) is 4.20. The minimum Gasteiger partial charge on any atom is -0.444 e. The topological polar surface area (TPSA) is 67.6 Å². The largest absolute Gasteiger partial charge is 0.444 e. The van der Waals surface area contributed by atoms with Crippen LogP contribution in [0.5, 0.6) is 0 Å². The fourth-order valence-electron chi connectivity index (χ4n) is 2.16. The summed E-state index contributed by atoms with van der Waals surface area (Å²) in [6, 6.07) is 2.99. The quantitative estimate of drug-likeness (QED) is 0.842. The normalized spacial score (nSPS) is 22.0. The van der Waals surface area contributed by atoms with Crippen LogP contribution in [-0.2, 0) is 9.84 Å². The van der Waals surface area contributed by atoms with Gasteiger partial charge in [-0.1, -0.05) is 0 Å². The smallest absolute Gasteiger partial charge is 0.289 e. The Morgan fingerprint density at radius 3 is 2.72 bits per heavy atom. The Labute approximate surface area is 114 Å². The molecule has 0 aliphatic carbocycles. The average molecular weight is 336 g/mol. The molecule has 1 aromatic heterocycles. The van der Waals surface area contributed by atoms with Crippen LogP contribution in [0.25, 0.3) is 0 Å². The zero-order chi connectivity index (χ0) is 13.3. The van der Waals surface area contributed by atoms with Crippen molar-refractivity contribution in [2.45, 2.75) is 19.4 Å². The third-order valence-corrected chi connectivity index (χ3v) is 5.21. The molecule has 2 heterocycles. The zero-order valence-corrected chi connectivity index (χ0v) is 12.3. The number of rotatable bonds is 3. The number of furan rings is 1. The molecule has 0 spiro atoms. The van der Waals surface area contributed by atoms with Gasteiger partial charge in [-0.25, -0.2) is 8.42 Å². The summed E-state index contributed by atoms with van der Waals surface area (Å²) in [7, 11) is -2.99. The van der Waals surface area contributed by atoms with E-state index in [1.54, 1.807) is 17.0 Å². The van der Waals surface area contributed by atoms with E-state index in [2.05, 4.69) is 15.9 Å². The maximum absolute atomic E-state index is 12.2. The third kappa shape index (κ3) is 2.77. The van der Waals surface area contributed by atoms with Gasteiger partial charge < -0.3 is 9.32 Å². The van der Waals surface area contributed by atoms with Crippen molar-refractivity contribution >= 4 is 31.7 Å². The van der Waals surface area contributed by atoms with Gasteiger partial charge in [0, 0.05) is 12.6 Å². The van der Waals surface area contributed by atoms with Gasteiger partial charge in [-0.05, 0) is 41.4 Å². The van der Waals surface area contributed by atoms with Gasteiger partial charge in [-0.15, -0.1) is 0 Å². The van der Waals surface area contributed by atoms with Gasteiger partial charge in [0.05, 0.1) is 11.5 Å². The lowest BCUT2D eigenvalue weighted by Crippen LogP contribution is -2.40. The number of hydrogen-bond donors (Lipinski definition) is 0. The van der Waals surface area contributed by atoms with E-state index >= 15 is 0 Å². The van der Waals surface area contributed by atoms with E-state index in [0.29, 0.717) is 17.6 Å². The predicted octanol–water partition coefficient (Wildman–Crippen LogP) is 1.69. The summed E-state index contributed by atoms with van der Waals surface area (Å²) in [5.74, 6) is 0.177. The number of amides is 1. The van der Waals surface area contributed by atoms with Gasteiger partial charge in [0.15, 0.2) is 20.3 Å². The minimum absolute atomic E-state index is 0.0501. The summed E-state index contributed by atoms with van der Waals surface area (Å²) in [5, 5.41) is 0. The Morgan fingerprint density at radius 2 is 2.28 bits per heavy atom. The van der Waals surface area contributed by atoms with Crippen LogP contribution in [-0.4, -0.2) is 43.3 Å². The minimum atomic E-state index is -2.99. The van der Waals surface area contributed by atoms with Crippen molar-refractivity contribution in [2.24, 2.45) is 0 Å². The Morgan fingerprint density at radius 1 is 1.56 bits per heavy atom. The summed E-state index contributed by atoms with van der Waals surface area (Å²) in [6.07, 6.45) is 0.504. The van der Waals surface area contributed by atoms with Crippen molar-refractivity contribution in [2.75, 3.05) is 18.1 Å². The van der Waals surface area contributed by atoms with E-state index < -0.39 is 9.84 Å². The van der Waals surface area contributed by atoms with Gasteiger partial charge in [-0.3, -0.25) is 4.79 Å². The van der Waals surface area contributed by atoms with E-state index in [9.17, 15) is 13.2 Å². The molecule has 1 fully saturated rings. The van der Waals surface area contributed by atoms with Crippen LogP contribution in [0.15, 0.2) is 21.2 Å². The highest BCUT2D eigenvalue weighted by atomic mass is 79.9. The molecule has 2 rings (SSSR count). The summed E-state index contributed by atoms with van der Waals surface area (Å²) < 4.78 is 28.6. The van der Waals surface area contributed by atoms with E-state index in [1.807, 2.05) is 6.92 Å². The predicted molar refractivity (Wildman–Crippen MR) is 70.2 cm³/mol. The Kier molecular flexibility index (Phi) is 3.82. The SMILES string of the molecule is CCN(C(=O)c1ccc(Br)o1)[C@H]1CCS(=O)(=O)C1. The van der Waals surface area contributed by atoms with Gasteiger partial charge >= 0.3 is 0 Å². The van der Waals surface area contributed by atoms with Crippen LogP contribution in [0.4, 0.5) is 0 Å². The average Bonchev–Trinajstić information content (AvgIpc) is 2.86. The number of hydrogen-bond acceptors (Lipinski definition) is 4. The molecule has 1 atom stereocenters. The first-order chi connectivity index (χ1) is 8.43. The molecule has 1 aliphatic rings. The van der Waals surface area contributed by atoms with E-state index in [0.717, 1.165) is 0 Å². The zero-order valence-electron chi connectivity index (χ0n) is 9.93. The molecular formula is C11H14BrNO4S. The molecule has 1 aromatic rings. The third-order valence-electron chi connectivity index (χ3n) is 3.03. The first kappa shape index (κ1) is 13.6. The van der Waals surface area contributed by atoms with Crippen LogP contribution in [0.2, 0.25) is 0 Å². The second-order valence-electron chi connectivity index (χ2n) is 4.25. The van der Waals surface area contributed by atoms with Crippen molar-refractivity contribution in [3.8, 4) is 0 Å². The van der Waals surface area contributed by atoms with Crippen LogP contribution < -0.4 is 0 Å². The Hall–Kier alpha value is -0.820. The molecule has 1 aliphatic heterocycles. The highest BCUT2D eigenvalue weighted by molar-refractivity contribution is 9.10. The first-order valence-electron chi connectivity index (χ1n) is 5.69. The number of sulfone groups is 1. The molecule has 100 valence electrons. The highest BCUT2D eigenvalue weighted by Gasteiger charge is 2.34. The van der Waals surface area contributed by atoms with Crippen molar-refractivity contribution < 1.29 is 17.6 Å². The monoisotopic (exact) mass is 335 g/mol. The first-order valence-corrected chi connectivity index (χ1v) is 8.31. The Balaban J connectivity index is 2.17. The number of nitrogens with zero attached hydrogens (tertiary/aromatic N) is 1. The summed E-state index contributed by atoms with van der Waals surface area (Å²) >= 11 is 3.14. The summed E-state index contributed by atoms with van der Waals surface area (Å²) in [5.41, 5.74) is 0. The number of carbonyl (C=O) groups excluding carboxylic acids is 1. The molecule has 0 saturated carbocycles. The second-order valence-corrected chi connectivity index (χ2v) is 7.26. The van der Waals surface area contributed by atoms with Crippen LogP contribution in [0, 0.1) is 0 Å². The molecule has 5 nitrogen and oxygen atoms in total. The molecule has 7 heteroatoms. The maximum Gasteiger partial charge on any atom is 0.289 e. The van der Waals surface area contributed by atoms with E-state index in [4.69, 9.17) is 4.42 Å². The lowest BCUT2D eigenvalue weighted by atomic mass is 10.2. The van der Waals surface area contributed by atoms with Gasteiger partial charge in [0.25, 0.3) is 5.91 Å². The summed E-state index contributed by atoms with van der Waals surface area (Å²) in [4.78, 5) is 13.8. The van der Waals surface area contributed by atoms with E-state index in [1.165, 1.54) is 0 Å². The van der Waals surface area contributed by atoms with Gasteiger partial charge in [-0.2, -0.15) is 0 Å². The van der Waals surface area contributed by atoms with Gasteiger partial charge in [0.2, 0.25) is 0 Å². The molecule has 1 saturated heterocycles. The molecule has 0 unspecified atom stereocenters.